The molecule has 0 atom stereocenters. The molecule has 10 nitrogen and oxygen atoms in total. The number of benzene rings is 1. The van der Waals surface area contributed by atoms with Crippen molar-refractivity contribution in [2.45, 2.75) is 77.3 Å². The van der Waals surface area contributed by atoms with Crippen LogP contribution in [0.1, 0.15) is 77.3 Å². The third kappa shape index (κ3) is 5.42. The molecule has 222 valence electrons. The van der Waals surface area contributed by atoms with Crippen LogP contribution in [0.4, 0.5) is 0 Å². The van der Waals surface area contributed by atoms with E-state index in [9.17, 15) is 28.8 Å². The van der Waals surface area contributed by atoms with E-state index in [0.717, 1.165) is 11.1 Å². The van der Waals surface area contributed by atoms with Crippen molar-refractivity contribution in [1.29, 1.82) is 0 Å². The van der Waals surface area contributed by atoms with Crippen molar-refractivity contribution >= 4 is 33.5 Å². The van der Waals surface area contributed by atoms with Gasteiger partial charge in [0.15, 0.2) is 0 Å². The molecule has 2 saturated carbocycles. The van der Waals surface area contributed by atoms with Crippen LogP contribution in [-0.2, 0) is 19.1 Å². The van der Waals surface area contributed by atoms with Crippen LogP contribution in [0.2, 0.25) is 0 Å². The predicted molar refractivity (Wildman–Crippen MR) is 158 cm³/mol. The van der Waals surface area contributed by atoms with Crippen LogP contribution in [0.5, 0.6) is 0 Å². The molecule has 1 aromatic carbocycles. The van der Waals surface area contributed by atoms with Crippen molar-refractivity contribution in [1.82, 2.24) is 9.13 Å². The Morgan fingerprint density at radius 1 is 0.619 bits per heavy atom. The summed E-state index contributed by atoms with van der Waals surface area (Å²) in [6.45, 7) is 11.4. The Balaban J connectivity index is 1.36. The Morgan fingerprint density at radius 3 is 1.17 bits per heavy atom. The molecular weight excluding hydrogens is 540 g/mol. The van der Waals surface area contributed by atoms with Crippen molar-refractivity contribution in [3.63, 3.8) is 0 Å². The first-order valence-electron chi connectivity index (χ1n) is 14.5. The lowest BCUT2D eigenvalue weighted by Gasteiger charge is -2.27. The summed E-state index contributed by atoms with van der Waals surface area (Å²) in [6.07, 6.45) is 3.82. The van der Waals surface area contributed by atoms with E-state index >= 15 is 0 Å². The summed E-state index contributed by atoms with van der Waals surface area (Å²) in [6, 6.07) is 2.01. The van der Waals surface area contributed by atoms with E-state index in [-0.39, 0.29) is 70.6 Å². The molecule has 5 rings (SSSR count). The highest BCUT2D eigenvalue weighted by Gasteiger charge is 2.33. The number of ether oxygens (including phenoxy) is 2. The van der Waals surface area contributed by atoms with Gasteiger partial charge in [0.2, 0.25) is 0 Å². The van der Waals surface area contributed by atoms with Gasteiger partial charge in [0.05, 0.1) is 33.4 Å². The van der Waals surface area contributed by atoms with E-state index in [1.807, 2.05) is 0 Å². The van der Waals surface area contributed by atoms with Gasteiger partial charge in [-0.3, -0.25) is 37.9 Å². The van der Waals surface area contributed by atoms with Gasteiger partial charge < -0.3 is 9.47 Å². The van der Waals surface area contributed by atoms with E-state index in [0.29, 0.717) is 51.4 Å². The standard InChI is InChI=1S/C32H36N2O8/c1-17(2)15-41-31(39)19-5-9-21(10-6-19)33-27(35)23-13-25-26(14-24(23)28(33)36)30(38)34(29(25)37)22-11-7-20(8-12-22)32(40)42-16-18(3)4/h13-14,19-22H,1,3,5-12,15-16H2,2,4H3. The second-order valence-electron chi connectivity index (χ2n) is 12.0. The van der Waals surface area contributed by atoms with E-state index in [2.05, 4.69) is 13.2 Å². The zero-order chi connectivity index (χ0) is 30.3. The lowest BCUT2D eigenvalue weighted by molar-refractivity contribution is -0.149. The minimum atomic E-state index is -0.487. The third-order valence-electron chi connectivity index (χ3n) is 8.67. The van der Waals surface area contributed by atoms with Crippen molar-refractivity contribution in [2.75, 3.05) is 13.2 Å². The topological polar surface area (TPSA) is 131 Å². The predicted octanol–water partition coefficient (Wildman–Crippen LogP) is 3.61. The minimum absolute atomic E-state index is 0.119. The molecule has 2 fully saturated rings. The molecule has 0 spiro atoms. The van der Waals surface area contributed by atoms with E-state index < -0.39 is 22.2 Å². The summed E-state index contributed by atoms with van der Waals surface area (Å²) in [5.41, 5.74) is -0.452. The summed E-state index contributed by atoms with van der Waals surface area (Å²) in [5, 5.41) is 0.477. The summed E-state index contributed by atoms with van der Waals surface area (Å²) < 4.78 is 13.0. The average Bonchev–Trinajstić information content (AvgIpc) is 3.37. The van der Waals surface area contributed by atoms with Gasteiger partial charge >= 0.3 is 11.9 Å². The Morgan fingerprint density at radius 2 is 0.905 bits per heavy atom. The third-order valence-corrected chi connectivity index (χ3v) is 8.67. The van der Waals surface area contributed by atoms with Crippen LogP contribution in [-0.4, -0.2) is 34.3 Å². The number of hydrogen-bond donors (Lipinski definition) is 0. The Hall–Kier alpha value is -4.08. The van der Waals surface area contributed by atoms with E-state index in [1.165, 1.54) is 21.3 Å². The molecule has 2 aliphatic carbocycles. The molecule has 2 aliphatic rings. The first kappa shape index (κ1) is 29.4. The molecule has 0 unspecified atom stereocenters. The fraction of sp³-hybridized carbons (Fsp3) is 0.500. The van der Waals surface area contributed by atoms with E-state index in [1.54, 1.807) is 13.8 Å². The molecule has 2 aromatic heterocycles. The number of aromatic nitrogens is 2. The number of nitrogens with zero attached hydrogens (tertiary/aromatic N) is 2. The van der Waals surface area contributed by atoms with Crippen LogP contribution in [0, 0.1) is 11.8 Å². The maximum atomic E-state index is 13.4. The van der Waals surface area contributed by atoms with Gasteiger partial charge in [-0.2, -0.15) is 0 Å². The van der Waals surface area contributed by atoms with Gasteiger partial charge in [0.25, 0.3) is 22.2 Å². The normalized spacial score (nSPS) is 22.7. The summed E-state index contributed by atoms with van der Waals surface area (Å²) >= 11 is 0. The molecule has 42 heavy (non-hydrogen) atoms. The highest BCUT2D eigenvalue weighted by Crippen LogP contribution is 2.34. The van der Waals surface area contributed by atoms with Crippen LogP contribution >= 0.6 is 0 Å². The maximum absolute atomic E-state index is 13.4. The summed E-state index contributed by atoms with van der Waals surface area (Å²) in [7, 11) is 0. The first-order chi connectivity index (χ1) is 20.0. The molecule has 0 amide bonds. The largest absolute Gasteiger partial charge is 0.461 e. The fourth-order valence-electron chi connectivity index (χ4n) is 6.44. The lowest BCUT2D eigenvalue weighted by Crippen LogP contribution is -2.34. The molecule has 0 N–H and O–H groups in total. The van der Waals surface area contributed by atoms with Crippen LogP contribution in [0.3, 0.4) is 0 Å². The molecular formula is C32H36N2O8. The Labute approximate surface area is 241 Å². The monoisotopic (exact) mass is 576 g/mol. The van der Waals surface area contributed by atoms with Gasteiger partial charge in [-0.1, -0.05) is 13.2 Å². The van der Waals surface area contributed by atoms with Crippen LogP contribution in [0.15, 0.2) is 55.6 Å². The van der Waals surface area contributed by atoms with Gasteiger partial charge in [-0.05, 0) is 88.5 Å². The second kappa shape index (κ2) is 11.7. The second-order valence-corrected chi connectivity index (χ2v) is 12.0. The zero-order valence-electron chi connectivity index (χ0n) is 24.1. The van der Waals surface area contributed by atoms with Crippen molar-refractivity contribution in [2.24, 2.45) is 11.8 Å². The number of carbonyl (C=O) groups excluding carboxylic acids is 2. The maximum Gasteiger partial charge on any atom is 0.309 e. The molecule has 0 aliphatic heterocycles. The van der Waals surface area contributed by atoms with Gasteiger partial charge in [0.1, 0.15) is 13.2 Å². The number of esters is 2. The molecule has 0 saturated heterocycles. The van der Waals surface area contributed by atoms with Crippen molar-refractivity contribution in [3.8, 4) is 0 Å². The van der Waals surface area contributed by atoms with E-state index in [4.69, 9.17) is 9.47 Å². The molecule has 0 bridgehead atoms. The molecule has 0 radical (unpaired) electrons. The van der Waals surface area contributed by atoms with Gasteiger partial charge in [0, 0.05) is 12.1 Å². The zero-order valence-corrected chi connectivity index (χ0v) is 24.1. The molecule has 3 aromatic rings. The smallest absolute Gasteiger partial charge is 0.309 e. The highest BCUT2D eigenvalue weighted by atomic mass is 16.5. The fourth-order valence-corrected chi connectivity index (χ4v) is 6.44. The number of fused-ring (bicyclic) bond motifs is 2. The average molecular weight is 577 g/mol. The summed E-state index contributed by atoms with van der Waals surface area (Å²) in [4.78, 5) is 78.3. The SMILES string of the molecule is C=C(C)COC(=O)C1CCC(n2c(=O)c3cc4c(=O)n(C5CCC(C(=O)OCC(=C)C)CC5)c(=O)c4cc3c2=O)CC1. The summed E-state index contributed by atoms with van der Waals surface area (Å²) in [5.74, 6) is -1.18. The number of carbonyl (C=O) groups is 2. The van der Waals surface area contributed by atoms with Crippen LogP contribution in [0.25, 0.3) is 21.5 Å². The first-order valence-corrected chi connectivity index (χ1v) is 14.5. The number of hydrogen-bond acceptors (Lipinski definition) is 8. The van der Waals surface area contributed by atoms with Crippen molar-refractivity contribution in [3.05, 3.63) is 77.9 Å². The number of rotatable bonds is 8. The highest BCUT2D eigenvalue weighted by molar-refractivity contribution is 5.97. The van der Waals surface area contributed by atoms with Crippen molar-refractivity contribution < 1.29 is 19.1 Å². The molecule has 2 heterocycles. The lowest BCUT2D eigenvalue weighted by atomic mass is 9.86. The quantitative estimate of drug-likeness (QED) is 0.294. The van der Waals surface area contributed by atoms with Crippen LogP contribution < -0.4 is 22.2 Å². The van der Waals surface area contributed by atoms with Gasteiger partial charge in [-0.25, -0.2) is 0 Å². The van der Waals surface area contributed by atoms with Gasteiger partial charge in [-0.15, -0.1) is 0 Å². The Bertz CT molecular complexity index is 1580. The minimum Gasteiger partial charge on any atom is -0.461 e. The Kier molecular flexibility index (Phi) is 8.17. The molecule has 10 heteroatoms.